The highest BCUT2D eigenvalue weighted by Gasteiger charge is 2.36. The van der Waals surface area contributed by atoms with Gasteiger partial charge in [0.25, 0.3) is 10.2 Å². The molecule has 2 heterocycles. The molecule has 0 saturated carbocycles. The average Bonchev–Trinajstić information content (AvgIpc) is 2.67. The number of hydrogen-bond donors (Lipinski definition) is 1. The molecule has 2 saturated heterocycles. The lowest BCUT2D eigenvalue weighted by atomic mass is 9.99. The van der Waals surface area contributed by atoms with E-state index in [0.717, 1.165) is 18.4 Å². The summed E-state index contributed by atoms with van der Waals surface area (Å²) in [7, 11) is -3.48. The average molecular weight is 414 g/mol. The zero-order valence-electron chi connectivity index (χ0n) is 15.7. The van der Waals surface area contributed by atoms with Crippen molar-refractivity contribution in [3.8, 4) is 0 Å². The highest BCUT2D eigenvalue weighted by Crippen LogP contribution is 2.25. The van der Waals surface area contributed by atoms with Gasteiger partial charge in [0.1, 0.15) is 0 Å². The SMILES string of the molecule is CC1CCN(S(=O)(=O)N2CCC[C@H](C(=O)NCc3ccccc3Cl)C2)CC1. The van der Waals surface area contributed by atoms with Gasteiger partial charge in [-0.25, -0.2) is 0 Å². The van der Waals surface area contributed by atoms with E-state index in [-0.39, 0.29) is 18.4 Å². The Bertz CT molecular complexity index is 763. The summed E-state index contributed by atoms with van der Waals surface area (Å²) >= 11 is 6.13. The van der Waals surface area contributed by atoms with E-state index in [1.165, 1.54) is 4.31 Å². The van der Waals surface area contributed by atoms with Crippen molar-refractivity contribution in [2.75, 3.05) is 26.2 Å². The van der Waals surface area contributed by atoms with Gasteiger partial charge in [-0.1, -0.05) is 36.7 Å². The molecule has 3 rings (SSSR count). The summed E-state index contributed by atoms with van der Waals surface area (Å²) in [4.78, 5) is 12.6. The fourth-order valence-electron chi connectivity index (χ4n) is 3.71. The summed E-state index contributed by atoms with van der Waals surface area (Å²) < 4.78 is 29.0. The molecule has 0 aliphatic carbocycles. The number of carbonyl (C=O) groups is 1. The quantitative estimate of drug-likeness (QED) is 0.806. The van der Waals surface area contributed by atoms with Crippen LogP contribution in [0.4, 0.5) is 0 Å². The van der Waals surface area contributed by atoms with E-state index in [1.54, 1.807) is 10.4 Å². The molecule has 1 atom stereocenters. The molecule has 2 aliphatic rings. The first kappa shape index (κ1) is 20.6. The minimum Gasteiger partial charge on any atom is -0.352 e. The third-order valence-electron chi connectivity index (χ3n) is 5.56. The maximum absolute atomic E-state index is 12.9. The number of benzene rings is 1. The van der Waals surface area contributed by atoms with Gasteiger partial charge in [0.2, 0.25) is 5.91 Å². The Labute approximate surface area is 167 Å². The Morgan fingerprint density at radius 1 is 1.15 bits per heavy atom. The molecule has 1 amide bonds. The summed E-state index contributed by atoms with van der Waals surface area (Å²) in [6, 6.07) is 7.38. The molecule has 6 nitrogen and oxygen atoms in total. The van der Waals surface area contributed by atoms with Crippen molar-refractivity contribution < 1.29 is 13.2 Å². The van der Waals surface area contributed by atoms with Crippen LogP contribution in [-0.2, 0) is 21.5 Å². The Morgan fingerprint density at radius 2 is 1.85 bits per heavy atom. The second kappa shape index (κ2) is 8.90. The van der Waals surface area contributed by atoms with Crippen molar-refractivity contribution in [2.24, 2.45) is 11.8 Å². The minimum atomic E-state index is -3.48. The molecule has 0 aromatic heterocycles. The van der Waals surface area contributed by atoms with Gasteiger partial charge in [0, 0.05) is 37.7 Å². The van der Waals surface area contributed by atoms with Crippen LogP contribution in [0.5, 0.6) is 0 Å². The maximum Gasteiger partial charge on any atom is 0.281 e. The molecule has 1 aromatic rings. The van der Waals surface area contributed by atoms with E-state index < -0.39 is 10.2 Å². The van der Waals surface area contributed by atoms with Crippen LogP contribution >= 0.6 is 11.6 Å². The number of hydrogen-bond acceptors (Lipinski definition) is 3. The van der Waals surface area contributed by atoms with Crippen LogP contribution in [0, 0.1) is 11.8 Å². The fraction of sp³-hybridized carbons (Fsp3) is 0.632. The topological polar surface area (TPSA) is 69.7 Å². The summed E-state index contributed by atoms with van der Waals surface area (Å²) in [5, 5.41) is 3.52. The van der Waals surface area contributed by atoms with Crippen LogP contribution in [0.25, 0.3) is 0 Å². The van der Waals surface area contributed by atoms with E-state index in [1.807, 2.05) is 18.2 Å². The fourth-order valence-corrected chi connectivity index (χ4v) is 5.64. The molecule has 1 N–H and O–H groups in total. The van der Waals surface area contributed by atoms with Crippen molar-refractivity contribution in [2.45, 2.75) is 39.2 Å². The number of nitrogens with zero attached hydrogens (tertiary/aromatic N) is 2. The van der Waals surface area contributed by atoms with Gasteiger partial charge in [-0.2, -0.15) is 17.0 Å². The van der Waals surface area contributed by atoms with E-state index in [4.69, 9.17) is 11.6 Å². The van der Waals surface area contributed by atoms with Crippen LogP contribution < -0.4 is 5.32 Å². The first-order valence-corrected chi connectivity index (χ1v) is 11.4. The van der Waals surface area contributed by atoms with Gasteiger partial charge in [0.05, 0.1) is 5.92 Å². The van der Waals surface area contributed by atoms with Crippen molar-refractivity contribution in [1.29, 1.82) is 0 Å². The Morgan fingerprint density at radius 3 is 2.56 bits per heavy atom. The first-order valence-electron chi connectivity index (χ1n) is 9.64. The van der Waals surface area contributed by atoms with Gasteiger partial charge in [0.15, 0.2) is 0 Å². The molecule has 150 valence electrons. The highest BCUT2D eigenvalue weighted by atomic mass is 35.5. The highest BCUT2D eigenvalue weighted by molar-refractivity contribution is 7.86. The predicted molar refractivity (Wildman–Crippen MR) is 106 cm³/mol. The summed E-state index contributed by atoms with van der Waals surface area (Å²) in [6.07, 6.45) is 3.20. The number of carbonyl (C=O) groups excluding carboxylic acids is 1. The first-order chi connectivity index (χ1) is 12.9. The van der Waals surface area contributed by atoms with E-state index in [0.29, 0.717) is 50.0 Å². The number of rotatable bonds is 5. The second-order valence-electron chi connectivity index (χ2n) is 7.60. The normalized spacial score (nSPS) is 23.3. The second-order valence-corrected chi connectivity index (χ2v) is 9.93. The molecule has 2 fully saturated rings. The lowest BCUT2D eigenvalue weighted by Gasteiger charge is -2.37. The predicted octanol–water partition coefficient (Wildman–Crippen LogP) is 2.64. The van der Waals surface area contributed by atoms with Gasteiger partial charge in [-0.3, -0.25) is 4.79 Å². The lowest BCUT2D eigenvalue weighted by molar-refractivity contribution is -0.126. The van der Waals surface area contributed by atoms with Crippen molar-refractivity contribution in [3.05, 3.63) is 34.9 Å². The molecule has 0 radical (unpaired) electrons. The smallest absolute Gasteiger partial charge is 0.281 e. The molecule has 27 heavy (non-hydrogen) atoms. The van der Waals surface area contributed by atoms with Gasteiger partial charge < -0.3 is 5.32 Å². The molecular formula is C19H28ClN3O3S. The summed E-state index contributed by atoms with van der Waals surface area (Å²) in [5.41, 5.74) is 0.857. The zero-order chi connectivity index (χ0) is 19.4. The third kappa shape index (κ3) is 5.02. The molecule has 1 aromatic carbocycles. The van der Waals surface area contributed by atoms with E-state index in [9.17, 15) is 13.2 Å². The van der Waals surface area contributed by atoms with Crippen LogP contribution in [-0.4, -0.2) is 49.1 Å². The summed E-state index contributed by atoms with van der Waals surface area (Å²) in [6.45, 7) is 4.40. The molecular weight excluding hydrogens is 386 g/mol. The zero-order valence-corrected chi connectivity index (χ0v) is 17.3. The number of piperidine rings is 2. The Kier molecular flexibility index (Phi) is 6.78. The van der Waals surface area contributed by atoms with Crippen molar-refractivity contribution >= 4 is 27.7 Å². The molecule has 2 aliphatic heterocycles. The van der Waals surface area contributed by atoms with Crippen LogP contribution in [0.3, 0.4) is 0 Å². The van der Waals surface area contributed by atoms with Gasteiger partial charge in [-0.15, -0.1) is 0 Å². The maximum atomic E-state index is 12.9. The van der Waals surface area contributed by atoms with Gasteiger partial charge >= 0.3 is 0 Å². The van der Waals surface area contributed by atoms with Crippen molar-refractivity contribution in [1.82, 2.24) is 13.9 Å². The van der Waals surface area contributed by atoms with Gasteiger partial charge in [-0.05, 0) is 43.2 Å². The standard InChI is InChI=1S/C19H28ClN3O3S/c1-15-8-11-22(12-9-15)27(25,26)23-10-4-6-17(14-23)19(24)21-13-16-5-2-3-7-18(16)20/h2-3,5,7,15,17H,4,6,8-14H2,1H3,(H,21,24)/t17-/m0/s1. The minimum absolute atomic E-state index is 0.109. The van der Waals surface area contributed by atoms with Crippen LogP contribution in [0.1, 0.15) is 38.2 Å². The van der Waals surface area contributed by atoms with E-state index in [2.05, 4.69) is 12.2 Å². The molecule has 8 heteroatoms. The number of amides is 1. The van der Waals surface area contributed by atoms with Crippen LogP contribution in [0.15, 0.2) is 24.3 Å². The molecule has 0 bridgehead atoms. The lowest BCUT2D eigenvalue weighted by Crippen LogP contribution is -2.52. The third-order valence-corrected chi connectivity index (χ3v) is 7.93. The Hall–Kier alpha value is -1.15. The Balaban J connectivity index is 1.58. The summed E-state index contributed by atoms with van der Waals surface area (Å²) in [5.74, 6) is 0.142. The van der Waals surface area contributed by atoms with Crippen LogP contribution in [0.2, 0.25) is 5.02 Å². The monoisotopic (exact) mass is 413 g/mol. The molecule has 0 unspecified atom stereocenters. The molecule has 0 spiro atoms. The van der Waals surface area contributed by atoms with Crippen molar-refractivity contribution in [3.63, 3.8) is 0 Å². The largest absolute Gasteiger partial charge is 0.352 e. The number of halogens is 1. The number of nitrogens with one attached hydrogen (secondary N) is 1. The van der Waals surface area contributed by atoms with E-state index >= 15 is 0 Å².